The Hall–Kier alpha value is -1.45. The van der Waals surface area contributed by atoms with Crippen molar-refractivity contribution in [1.82, 2.24) is 18.8 Å². The number of carboxylic acid groups (broad SMARTS) is 1. The van der Waals surface area contributed by atoms with Crippen LogP contribution in [-0.4, -0.2) is 76.7 Å². The minimum Gasteiger partial charge on any atom is -0.481 e. The lowest BCUT2D eigenvalue weighted by Gasteiger charge is -2.25. The zero-order valence-corrected chi connectivity index (χ0v) is 14.7. The molecule has 24 heavy (non-hydrogen) atoms. The Morgan fingerprint density at radius 1 is 1.33 bits per heavy atom. The highest BCUT2D eigenvalue weighted by atomic mass is 32.2. The highest BCUT2D eigenvalue weighted by molar-refractivity contribution is 7.89. The second kappa shape index (κ2) is 6.45. The Morgan fingerprint density at radius 2 is 2.12 bits per heavy atom. The highest BCUT2D eigenvalue weighted by Gasteiger charge is 2.59. The standard InChI is InChI=1S/C15H24N4O4S/c1-2-24(22,23)19-9-13-8-18(10-15(13,11-19)14(20)21)6-3-5-17-7-4-16-12-17/h4,7,12-13H,2-3,5-6,8-11H2,1H3,(H,20,21)/t13-,15-/m0/s1. The molecule has 1 aromatic heterocycles. The van der Waals surface area contributed by atoms with Crippen molar-refractivity contribution in [2.24, 2.45) is 11.3 Å². The van der Waals surface area contributed by atoms with Gasteiger partial charge in [-0.15, -0.1) is 0 Å². The summed E-state index contributed by atoms with van der Waals surface area (Å²) in [6.07, 6.45) is 6.33. The van der Waals surface area contributed by atoms with Gasteiger partial charge < -0.3 is 14.6 Å². The summed E-state index contributed by atoms with van der Waals surface area (Å²) >= 11 is 0. The fourth-order valence-electron chi connectivity index (χ4n) is 3.89. The Kier molecular flexibility index (Phi) is 4.67. The number of sulfonamides is 1. The van der Waals surface area contributed by atoms with E-state index in [-0.39, 0.29) is 18.2 Å². The third-order valence-electron chi connectivity index (χ3n) is 5.28. The van der Waals surface area contributed by atoms with E-state index in [1.54, 1.807) is 19.4 Å². The lowest BCUT2D eigenvalue weighted by Crippen LogP contribution is -2.42. The summed E-state index contributed by atoms with van der Waals surface area (Å²) in [6, 6.07) is 0. The molecule has 1 aromatic rings. The fourth-order valence-corrected chi connectivity index (χ4v) is 5.09. The van der Waals surface area contributed by atoms with Crippen LogP contribution >= 0.6 is 0 Å². The van der Waals surface area contributed by atoms with Crippen LogP contribution in [0.4, 0.5) is 0 Å². The minimum absolute atomic E-state index is 0.0179. The van der Waals surface area contributed by atoms with Crippen LogP contribution < -0.4 is 0 Å². The Labute approximate surface area is 142 Å². The van der Waals surface area contributed by atoms with Crippen LogP contribution in [0.1, 0.15) is 13.3 Å². The number of carbonyl (C=O) groups is 1. The van der Waals surface area contributed by atoms with Crippen molar-refractivity contribution in [3.8, 4) is 0 Å². The van der Waals surface area contributed by atoms with E-state index in [0.29, 0.717) is 19.6 Å². The number of nitrogens with zero attached hydrogens (tertiary/aromatic N) is 4. The Bertz CT molecular complexity index is 690. The molecule has 1 N–H and O–H groups in total. The number of rotatable bonds is 7. The molecule has 2 fully saturated rings. The Morgan fingerprint density at radius 3 is 2.71 bits per heavy atom. The van der Waals surface area contributed by atoms with Gasteiger partial charge in [0.05, 0.1) is 17.5 Å². The topological polar surface area (TPSA) is 95.7 Å². The predicted molar refractivity (Wildman–Crippen MR) is 87.9 cm³/mol. The van der Waals surface area contributed by atoms with Crippen molar-refractivity contribution in [1.29, 1.82) is 0 Å². The van der Waals surface area contributed by atoms with Gasteiger partial charge in [-0.1, -0.05) is 0 Å². The minimum atomic E-state index is -3.33. The monoisotopic (exact) mass is 356 g/mol. The van der Waals surface area contributed by atoms with Gasteiger partial charge >= 0.3 is 5.97 Å². The number of hydrogen-bond acceptors (Lipinski definition) is 5. The predicted octanol–water partition coefficient (Wildman–Crippen LogP) is -0.0587. The van der Waals surface area contributed by atoms with E-state index < -0.39 is 21.4 Å². The van der Waals surface area contributed by atoms with Crippen LogP contribution in [0.2, 0.25) is 0 Å². The molecule has 9 heteroatoms. The SMILES string of the molecule is CCS(=O)(=O)N1C[C@@H]2CN(CCCn3ccnc3)C[C@]2(C(=O)O)C1. The van der Waals surface area contributed by atoms with E-state index >= 15 is 0 Å². The summed E-state index contributed by atoms with van der Waals surface area (Å²) < 4.78 is 27.6. The average Bonchev–Trinajstić information content (AvgIpc) is 3.21. The van der Waals surface area contributed by atoms with Crippen molar-refractivity contribution >= 4 is 16.0 Å². The largest absolute Gasteiger partial charge is 0.481 e. The van der Waals surface area contributed by atoms with Crippen LogP contribution in [0.25, 0.3) is 0 Å². The summed E-state index contributed by atoms with van der Waals surface area (Å²) in [5, 5.41) is 9.76. The molecule has 0 unspecified atom stereocenters. The molecule has 8 nitrogen and oxygen atoms in total. The van der Waals surface area contributed by atoms with Gasteiger partial charge in [0.1, 0.15) is 0 Å². The van der Waals surface area contributed by atoms with E-state index in [2.05, 4.69) is 9.88 Å². The molecule has 134 valence electrons. The molecule has 0 saturated carbocycles. The first-order chi connectivity index (χ1) is 11.4. The molecule has 2 aliphatic heterocycles. The number of likely N-dealkylation sites (tertiary alicyclic amines) is 1. The van der Waals surface area contributed by atoms with Crippen LogP contribution in [0.5, 0.6) is 0 Å². The van der Waals surface area contributed by atoms with Gasteiger partial charge in [0.25, 0.3) is 0 Å². The fraction of sp³-hybridized carbons (Fsp3) is 0.733. The van der Waals surface area contributed by atoms with Crippen molar-refractivity contribution in [2.75, 3.05) is 38.5 Å². The molecule has 0 spiro atoms. The van der Waals surface area contributed by atoms with Gasteiger partial charge in [-0.25, -0.2) is 17.7 Å². The molecule has 2 saturated heterocycles. The van der Waals surface area contributed by atoms with Gasteiger partial charge in [0.15, 0.2) is 0 Å². The molecule has 3 heterocycles. The molecule has 0 aromatic carbocycles. The Balaban J connectivity index is 1.62. The van der Waals surface area contributed by atoms with Crippen LogP contribution in [0.3, 0.4) is 0 Å². The van der Waals surface area contributed by atoms with Gasteiger partial charge in [-0.3, -0.25) is 4.79 Å². The quantitative estimate of drug-likeness (QED) is 0.735. The first-order valence-electron chi connectivity index (χ1n) is 8.27. The van der Waals surface area contributed by atoms with Gasteiger partial charge in [0.2, 0.25) is 10.0 Å². The summed E-state index contributed by atoms with van der Waals surface area (Å²) in [4.78, 5) is 18.1. The normalized spacial score (nSPS) is 28.3. The first-order valence-corrected chi connectivity index (χ1v) is 9.87. The summed E-state index contributed by atoms with van der Waals surface area (Å²) in [5.74, 6) is -0.993. The number of carboxylic acids is 1. The van der Waals surface area contributed by atoms with Gasteiger partial charge in [-0.2, -0.15) is 0 Å². The van der Waals surface area contributed by atoms with Crippen molar-refractivity contribution in [2.45, 2.75) is 19.9 Å². The molecule has 3 rings (SSSR count). The summed E-state index contributed by atoms with van der Waals surface area (Å²) in [5.41, 5.74) is -0.961. The van der Waals surface area contributed by atoms with E-state index in [0.717, 1.165) is 19.5 Å². The smallest absolute Gasteiger partial charge is 0.312 e. The maximum absolute atomic E-state index is 12.1. The number of aliphatic carboxylic acids is 1. The third kappa shape index (κ3) is 3.07. The van der Waals surface area contributed by atoms with Crippen molar-refractivity contribution < 1.29 is 18.3 Å². The van der Waals surface area contributed by atoms with E-state index in [1.807, 2.05) is 10.8 Å². The van der Waals surface area contributed by atoms with E-state index in [4.69, 9.17) is 0 Å². The molecule has 2 aliphatic rings. The average molecular weight is 356 g/mol. The lowest BCUT2D eigenvalue weighted by atomic mass is 9.81. The number of imidazole rings is 1. The molecule has 0 bridgehead atoms. The number of fused-ring (bicyclic) bond motifs is 1. The maximum atomic E-state index is 12.1. The molecule has 0 amide bonds. The first kappa shape index (κ1) is 17.4. The van der Waals surface area contributed by atoms with Crippen LogP contribution in [0, 0.1) is 11.3 Å². The lowest BCUT2D eigenvalue weighted by molar-refractivity contribution is -0.148. The molecular weight excluding hydrogens is 332 g/mol. The zero-order valence-electron chi connectivity index (χ0n) is 13.8. The summed E-state index contributed by atoms with van der Waals surface area (Å²) in [7, 11) is -3.33. The van der Waals surface area contributed by atoms with Crippen LogP contribution in [-0.2, 0) is 21.4 Å². The second-order valence-electron chi connectivity index (χ2n) is 6.74. The molecule has 2 atom stereocenters. The number of aromatic nitrogens is 2. The second-order valence-corrected chi connectivity index (χ2v) is 9.00. The van der Waals surface area contributed by atoms with Crippen molar-refractivity contribution in [3.05, 3.63) is 18.7 Å². The van der Waals surface area contributed by atoms with Crippen molar-refractivity contribution in [3.63, 3.8) is 0 Å². The van der Waals surface area contributed by atoms with Crippen LogP contribution in [0.15, 0.2) is 18.7 Å². The van der Waals surface area contributed by atoms with Gasteiger partial charge in [-0.05, 0) is 19.9 Å². The number of aryl methyl sites for hydroxylation is 1. The van der Waals surface area contributed by atoms with E-state index in [1.165, 1.54) is 4.31 Å². The zero-order chi connectivity index (χ0) is 17.4. The number of hydrogen-bond donors (Lipinski definition) is 1. The third-order valence-corrected chi connectivity index (χ3v) is 7.08. The molecule has 0 aliphatic carbocycles. The highest BCUT2D eigenvalue weighted by Crippen LogP contribution is 2.43. The summed E-state index contributed by atoms with van der Waals surface area (Å²) in [6.45, 7) is 4.74. The molecular formula is C15H24N4O4S. The van der Waals surface area contributed by atoms with Gasteiger partial charge in [0, 0.05) is 51.0 Å². The molecule has 0 radical (unpaired) electrons. The maximum Gasteiger partial charge on any atom is 0.312 e. The van der Waals surface area contributed by atoms with E-state index in [9.17, 15) is 18.3 Å².